The summed E-state index contributed by atoms with van der Waals surface area (Å²) in [7, 11) is -3.91. The van der Waals surface area contributed by atoms with E-state index in [0.29, 0.717) is 54.6 Å². The van der Waals surface area contributed by atoms with Crippen molar-refractivity contribution in [2.45, 2.75) is 51.8 Å². The summed E-state index contributed by atoms with van der Waals surface area (Å²) in [5.74, 6) is -0.197. The molecule has 7 nitrogen and oxygen atoms in total. The van der Waals surface area contributed by atoms with Crippen molar-refractivity contribution in [3.05, 3.63) is 63.9 Å². The van der Waals surface area contributed by atoms with Gasteiger partial charge in [-0.05, 0) is 68.5 Å². The summed E-state index contributed by atoms with van der Waals surface area (Å²) in [5, 5.41) is 9.84. The molecule has 3 rings (SSSR count). The van der Waals surface area contributed by atoms with Gasteiger partial charge < -0.3 is 19.1 Å². The van der Waals surface area contributed by atoms with Gasteiger partial charge in [0.05, 0.1) is 23.8 Å². The lowest BCUT2D eigenvalue weighted by Gasteiger charge is -2.37. The van der Waals surface area contributed by atoms with E-state index < -0.39 is 13.0 Å². The monoisotopic (exact) mass is 580 g/mol. The number of carbonyl (C=O) groups is 1. The molecule has 0 radical (unpaired) electrons. The summed E-state index contributed by atoms with van der Waals surface area (Å²) >= 11 is 3.37. The Morgan fingerprint density at radius 3 is 2.56 bits per heavy atom. The van der Waals surface area contributed by atoms with Crippen molar-refractivity contribution in [1.29, 1.82) is 5.26 Å². The average molecular weight is 581 g/mol. The molecular formula is C26H31BrFN2O5P. The number of nitrogens with zero attached hydrogens (tertiary/aromatic N) is 2. The second kappa shape index (κ2) is 12.3. The quantitative estimate of drug-likeness (QED) is 0.354. The maximum Gasteiger partial charge on any atom is 0.332 e. The number of halogens is 2. The first kappa shape index (κ1) is 28.3. The fourth-order valence-corrected chi connectivity index (χ4v) is 6.03. The number of hydrogen-bond acceptors (Lipinski definition) is 5. The molecule has 2 aromatic rings. The number of amides is 1. The van der Waals surface area contributed by atoms with Gasteiger partial charge in [-0.1, -0.05) is 35.0 Å². The molecule has 1 saturated heterocycles. The van der Waals surface area contributed by atoms with Gasteiger partial charge in [0.25, 0.3) is 5.91 Å². The molecule has 2 aromatic carbocycles. The van der Waals surface area contributed by atoms with Crippen LogP contribution >= 0.6 is 23.5 Å². The Hall–Kier alpha value is -2.24. The third-order valence-electron chi connectivity index (χ3n) is 6.43. The second-order valence-electron chi connectivity index (χ2n) is 9.24. The van der Waals surface area contributed by atoms with Crippen molar-refractivity contribution in [1.82, 2.24) is 4.90 Å². The Labute approximate surface area is 219 Å². The topological polar surface area (TPSA) is 99.9 Å². The van der Waals surface area contributed by atoms with Crippen LogP contribution in [-0.2, 0) is 26.5 Å². The highest BCUT2D eigenvalue weighted by molar-refractivity contribution is 9.10. The molecule has 1 aliphatic rings. The van der Waals surface area contributed by atoms with Gasteiger partial charge in [-0.25, -0.2) is 4.39 Å². The highest BCUT2D eigenvalue weighted by Crippen LogP contribution is 2.49. The van der Waals surface area contributed by atoms with Crippen LogP contribution in [0.3, 0.4) is 0 Å². The Morgan fingerprint density at radius 2 is 1.94 bits per heavy atom. The minimum Gasteiger partial charge on any atom is -0.483 e. The first-order valence-electron chi connectivity index (χ1n) is 11.9. The molecule has 0 aromatic heterocycles. The Morgan fingerprint density at radius 1 is 1.28 bits per heavy atom. The van der Waals surface area contributed by atoms with Crippen molar-refractivity contribution in [3.8, 4) is 11.8 Å². The van der Waals surface area contributed by atoms with Gasteiger partial charge in [0.15, 0.2) is 6.61 Å². The van der Waals surface area contributed by atoms with E-state index in [1.165, 1.54) is 12.1 Å². The second-order valence-corrected chi connectivity index (χ2v) is 12.0. The zero-order chi connectivity index (χ0) is 26.3. The van der Waals surface area contributed by atoms with Crippen LogP contribution in [0, 0.1) is 22.6 Å². The molecule has 0 bridgehead atoms. The van der Waals surface area contributed by atoms with Gasteiger partial charge in [0.2, 0.25) is 0 Å². The molecule has 0 saturated carbocycles. The molecule has 0 spiro atoms. The zero-order valence-corrected chi connectivity index (χ0v) is 22.9. The van der Waals surface area contributed by atoms with Crippen LogP contribution in [0.15, 0.2) is 46.9 Å². The first-order chi connectivity index (χ1) is 17.0. The van der Waals surface area contributed by atoms with Gasteiger partial charge in [0.1, 0.15) is 11.6 Å². The molecule has 1 amide bonds. The molecule has 194 valence electrons. The number of piperidine rings is 1. The molecule has 1 heterocycles. The molecule has 36 heavy (non-hydrogen) atoms. The lowest BCUT2D eigenvalue weighted by molar-refractivity contribution is -0.135. The van der Waals surface area contributed by atoms with E-state index >= 15 is 0 Å². The van der Waals surface area contributed by atoms with Gasteiger partial charge in [-0.2, -0.15) is 5.26 Å². The number of ether oxygens (including phenoxy) is 1. The standard InChI is InChI=1S/C26H31BrFN2O5P/c1-3-19(2)35-36(32,33)17-21-14-22(27)6-9-24(21)34-16-25(31)30-12-10-26(18-29,11-13-30)15-20-4-7-23(28)8-5-20/h4-9,14,19H,3,10-13,15-17H2,1-2H3,(H,32,33). The SMILES string of the molecule is CCC(C)OP(=O)(O)Cc1cc(Br)ccc1OCC(=O)N1CCC(C#N)(Cc2ccc(F)cc2)CC1. The Bertz CT molecular complexity index is 1150. The average Bonchev–Trinajstić information content (AvgIpc) is 2.84. The molecule has 10 heteroatoms. The van der Waals surface area contributed by atoms with Crippen LogP contribution in [0.2, 0.25) is 0 Å². The number of rotatable bonds is 10. The van der Waals surface area contributed by atoms with E-state index in [1.54, 1.807) is 42.2 Å². The van der Waals surface area contributed by atoms with Crippen LogP contribution in [0.1, 0.15) is 44.2 Å². The van der Waals surface area contributed by atoms with Crippen molar-refractivity contribution in [2.24, 2.45) is 5.41 Å². The summed E-state index contributed by atoms with van der Waals surface area (Å²) in [5.41, 5.74) is 0.752. The van der Waals surface area contributed by atoms with E-state index in [9.17, 15) is 23.9 Å². The van der Waals surface area contributed by atoms with Gasteiger partial charge in [0, 0.05) is 23.1 Å². The molecule has 1 fully saturated rings. The minimum absolute atomic E-state index is 0.222. The molecular weight excluding hydrogens is 550 g/mol. The maximum atomic E-state index is 13.2. The van der Waals surface area contributed by atoms with E-state index in [0.717, 1.165) is 5.56 Å². The van der Waals surface area contributed by atoms with E-state index in [1.807, 2.05) is 6.92 Å². The van der Waals surface area contributed by atoms with Crippen LogP contribution in [-0.4, -0.2) is 41.5 Å². The summed E-state index contributed by atoms with van der Waals surface area (Å²) in [6, 6.07) is 13.6. The number of carbonyl (C=O) groups excluding carboxylic acids is 1. The van der Waals surface area contributed by atoms with Crippen molar-refractivity contribution < 1.29 is 27.9 Å². The maximum absolute atomic E-state index is 13.2. The predicted molar refractivity (Wildman–Crippen MR) is 138 cm³/mol. The van der Waals surface area contributed by atoms with Crippen molar-refractivity contribution in [2.75, 3.05) is 19.7 Å². The van der Waals surface area contributed by atoms with Crippen LogP contribution in [0.5, 0.6) is 5.75 Å². The van der Waals surface area contributed by atoms with E-state index in [4.69, 9.17) is 9.26 Å². The highest BCUT2D eigenvalue weighted by Gasteiger charge is 2.36. The number of benzene rings is 2. The number of hydrogen-bond donors (Lipinski definition) is 1. The van der Waals surface area contributed by atoms with Crippen LogP contribution in [0.4, 0.5) is 4.39 Å². The minimum atomic E-state index is -3.91. The van der Waals surface area contributed by atoms with Gasteiger partial charge in [-0.3, -0.25) is 9.36 Å². The van der Waals surface area contributed by atoms with Crippen LogP contribution in [0.25, 0.3) is 0 Å². The fourth-order valence-electron chi connectivity index (χ4n) is 4.16. The smallest absolute Gasteiger partial charge is 0.332 e. The number of likely N-dealkylation sites (tertiary alicyclic amines) is 1. The highest BCUT2D eigenvalue weighted by atomic mass is 79.9. The zero-order valence-electron chi connectivity index (χ0n) is 20.5. The first-order valence-corrected chi connectivity index (χ1v) is 14.5. The lowest BCUT2D eigenvalue weighted by atomic mass is 9.75. The van der Waals surface area contributed by atoms with Crippen molar-refractivity contribution in [3.63, 3.8) is 0 Å². The third kappa shape index (κ3) is 7.88. The van der Waals surface area contributed by atoms with Gasteiger partial charge >= 0.3 is 7.60 Å². The summed E-state index contributed by atoms with van der Waals surface area (Å²) < 4.78 is 37.6. The van der Waals surface area contributed by atoms with Crippen LogP contribution < -0.4 is 4.74 Å². The molecule has 1 N–H and O–H groups in total. The number of nitriles is 1. The predicted octanol–water partition coefficient (Wildman–Crippen LogP) is 5.84. The molecule has 2 atom stereocenters. The Kier molecular flexibility index (Phi) is 9.71. The largest absolute Gasteiger partial charge is 0.483 e. The normalized spacial score (nSPS) is 17.6. The van der Waals surface area contributed by atoms with Crippen molar-refractivity contribution >= 4 is 29.4 Å². The summed E-state index contributed by atoms with van der Waals surface area (Å²) in [4.78, 5) is 24.8. The summed E-state index contributed by atoms with van der Waals surface area (Å²) in [6.45, 7) is 4.21. The fraction of sp³-hybridized carbons (Fsp3) is 0.462. The lowest BCUT2D eigenvalue weighted by Crippen LogP contribution is -2.45. The van der Waals surface area contributed by atoms with Gasteiger partial charge in [-0.15, -0.1) is 0 Å². The third-order valence-corrected chi connectivity index (χ3v) is 8.35. The summed E-state index contributed by atoms with van der Waals surface area (Å²) in [6.07, 6.45) is 1.53. The van der Waals surface area contributed by atoms with E-state index in [2.05, 4.69) is 22.0 Å². The van der Waals surface area contributed by atoms with E-state index in [-0.39, 0.29) is 30.6 Å². The molecule has 2 unspecified atom stereocenters. The Balaban J connectivity index is 1.59. The molecule has 1 aliphatic heterocycles. The molecule has 0 aliphatic carbocycles.